The number of hydrogen-bond acceptors (Lipinski definition) is 3. The van der Waals surface area contributed by atoms with Crippen LogP contribution in [-0.2, 0) is 16.0 Å². The number of carbonyl (C=O) groups is 2. The fourth-order valence-corrected chi connectivity index (χ4v) is 2.92. The van der Waals surface area contributed by atoms with Gasteiger partial charge in [0.05, 0.1) is 13.2 Å². The Morgan fingerprint density at radius 2 is 2.05 bits per heavy atom. The quantitative estimate of drug-likeness (QED) is 0.866. The minimum atomic E-state index is -0.0172. The smallest absolute Gasteiger partial charge is 0.225 e. The summed E-state index contributed by atoms with van der Waals surface area (Å²) in [5, 5.41) is 2.99. The van der Waals surface area contributed by atoms with Gasteiger partial charge in [-0.25, -0.2) is 0 Å². The number of likely N-dealkylation sites (tertiary alicyclic amines) is 1. The number of amides is 2. The van der Waals surface area contributed by atoms with Gasteiger partial charge in [0.2, 0.25) is 11.8 Å². The Balaban J connectivity index is 1.43. The Morgan fingerprint density at radius 1 is 1.32 bits per heavy atom. The van der Waals surface area contributed by atoms with Crippen molar-refractivity contribution in [1.82, 2.24) is 10.2 Å². The summed E-state index contributed by atoms with van der Waals surface area (Å²) < 4.78 is 5.11. The number of hydrogen-bond donors (Lipinski definition) is 1. The molecule has 2 fully saturated rings. The molecule has 1 aromatic rings. The van der Waals surface area contributed by atoms with E-state index in [4.69, 9.17) is 4.74 Å². The van der Waals surface area contributed by atoms with Crippen molar-refractivity contribution >= 4 is 11.8 Å². The highest BCUT2D eigenvalue weighted by Crippen LogP contribution is 2.30. The maximum atomic E-state index is 12.0. The zero-order valence-electron chi connectivity index (χ0n) is 12.9. The van der Waals surface area contributed by atoms with Gasteiger partial charge in [-0.1, -0.05) is 12.1 Å². The van der Waals surface area contributed by atoms with Gasteiger partial charge in [0, 0.05) is 25.4 Å². The molecule has 2 amide bonds. The molecule has 0 spiro atoms. The Labute approximate surface area is 130 Å². The van der Waals surface area contributed by atoms with Crippen molar-refractivity contribution < 1.29 is 14.3 Å². The van der Waals surface area contributed by atoms with Gasteiger partial charge < -0.3 is 15.0 Å². The van der Waals surface area contributed by atoms with Crippen LogP contribution in [-0.4, -0.2) is 42.5 Å². The average molecular weight is 302 g/mol. The molecule has 1 aromatic carbocycles. The van der Waals surface area contributed by atoms with Crippen LogP contribution in [0.15, 0.2) is 24.3 Å². The second-order valence-corrected chi connectivity index (χ2v) is 6.09. The third-order valence-corrected chi connectivity index (χ3v) is 4.31. The summed E-state index contributed by atoms with van der Waals surface area (Å²) in [4.78, 5) is 25.8. The van der Waals surface area contributed by atoms with E-state index in [2.05, 4.69) is 5.32 Å². The number of methoxy groups -OCH3 is 1. The van der Waals surface area contributed by atoms with Gasteiger partial charge in [0.25, 0.3) is 0 Å². The van der Waals surface area contributed by atoms with Crippen molar-refractivity contribution in [2.24, 2.45) is 0 Å². The molecule has 1 unspecified atom stereocenters. The van der Waals surface area contributed by atoms with Crippen LogP contribution in [0, 0.1) is 0 Å². The number of nitrogens with one attached hydrogen (secondary N) is 1. The van der Waals surface area contributed by atoms with Crippen molar-refractivity contribution in [2.75, 3.05) is 13.7 Å². The van der Waals surface area contributed by atoms with Crippen LogP contribution in [0.3, 0.4) is 0 Å². The first-order valence-corrected chi connectivity index (χ1v) is 7.87. The van der Waals surface area contributed by atoms with E-state index in [1.165, 1.54) is 0 Å². The molecule has 1 saturated carbocycles. The lowest BCUT2D eigenvalue weighted by Gasteiger charge is -2.16. The summed E-state index contributed by atoms with van der Waals surface area (Å²) in [6.07, 6.45) is 3.82. The van der Waals surface area contributed by atoms with Crippen LogP contribution in [0.2, 0.25) is 0 Å². The molecule has 1 heterocycles. The third kappa shape index (κ3) is 3.59. The van der Waals surface area contributed by atoms with E-state index in [9.17, 15) is 9.59 Å². The van der Waals surface area contributed by atoms with Gasteiger partial charge in [0.15, 0.2) is 0 Å². The number of ether oxygens (including phenoxy) is 1. The maximum absolute atomic E-state index is 12.0. The molecule has 0 aromatic heterocycles. The van der Waals surface area contributed by atoms with Crippen molar-refractivity contribution in [1.29, 1.82) is 0 Å². The zero-order chi connectivity index (χ0) is 15.5. The molecule has 0 radical (unpaired) electrons. The normalized spacial score (nSPS) is 21.0. The Morgan fingerprint density at radius 3 is 2.68 bits per heavy atom. The molecule has 1 aliphatic carbocycles. The second kappa shape index (κ2) is 6.38. The standard InChI is InChI=1S/C17H22N2O3/c1-22-15-7-2-12(3-8-15)4-9-16(20)18-13-10-17(21)19(11-13)14-5-6-14/h2-3,7-8,13-14H,4-6,9-11H2,1H3,(H,18,20). The maximum Gasteiger partial charge on any atom is 0.225 e. The first kappa shape index (κ1) is 14.9. The van der Waals surface area contributed by atoms with Crippen LogP contribution in [0.25, 0.3) is 0 Å². The van der Waals surface area contributed by atoms with Crippen molar-refractivity contribution in [3.05, 3.63) is 29.8 Å². The molecule has 2 aliphatic rings. The molecule has 5 heteroatoms. The van der Waals surface area contributed by atoms with E-state index in [1.54, 1.807) is 7.11 Å². The van der Waals surface area contributed by atoms with Crippen molar-refractivity contribution in [3.63, 3.8) is 0 Å². The summed E-state index contributed by atoms with van der Waals surface area (Å²) in [6, 6.07) is 8.16. The van der Waals surface area contributed by atoms with E-state index in [0.29, 0.717) is 31.8 Å². The van der Waals surface area contributed by atoms with Crippen LogP contribution in [0.1, 0.15) is 31.2 Å². The summed E-state index contributed by atoms with van der Waals surface area (Å²) in [5.74, 6) is 1.02. The second-order valence-electron chi connectivity index (χ2n) is 6.09. The fraction of sp³-hybridized carbons (Fsp3) is 0.529. The molecular formula is C17H22N2O3. The van der Waals surface area contributed by atoms with Crippen molar-refractivity contribution in [3.8, 4) is 5.75 Å². The zero-order valence-corrected chi connectivity index (χ0v) is 12.9. The molecule has 5 nitrogen and oxygen atoms in total. The summed E-state index contributed by atoms with van der Waals surface area (Å²) in [7, 11) is 1.64. The first-order valence-electron chi connectivity index (χ1n) is 7.87. The molecule has 1 saturated heterocycles. The largest absolute Gasteiger partial charge is 0.497 e. The Hall–Kier alpha value is -2.04. The van der Waals surface area contributed by atoms with Gasteiger partial charge in [-0.05, 0) is 37.0 Å². The topological polar surface area (TPSA) is 58.6 Å². The molecular weight excluding hydrogens is 280 g/mol. The van der Waals surface area contributed by atoms with Gasteiger partial charge in [0.1, 0.15) is 5.75 Å². The lowest BCUT2D eigenvalue weighted by Crippen LogP contribution is -2.37. The van der Waals surface area contributed by atoms with Gasteiger partial charge in [-0.2, -0.15) is 0 Å². The average Bonchev–Trinajstić information content (AvgIpc) is 3.30. The number of carbonyl (C=O) groups excluding carboxylic acids is 2. The van der Waals surface area contributed by atoms with Gasteiger partial charge in [-0.3, -0.25) is 9.59 Å². The lowest BCUT2D eigenvalue weighted by molar-refractivity contribution is -0.128. The van der Waals surface area contributed by atoms with E-state index in [-0.39, 0.29) is 17.9 Å². The molecule has 118 valence electrons. The predicted octanol–water partition coefficient (Wildman–Crippen LogP) is 1.51. The fourth-order valence-electron chi connectivity index (χ4n) is 2.92. The van der Waals surface area contributed by atoms with E-state index >= 15 is 0 Å². The van der Waals surface area contributed by atoms with Crippen molar-refractivity contribution in [2.45, 2.75) is 44.2 Å². The molecule has 22 heavy (non-hydrogen) atoms. The van der Waals surface area contributed by atoms with Gasteiger partial charge >= 0.3 is 0 Å². The van der Waals surface area contributed by atoms with E-state index in [0.717, 1.165) is 24.2 Å². The molecule has 3 rings (SSSR count). The molecule has 0 bridgehead atoms. The summed E-state index contributed by atoms with van der Waals surface area (Å²) >= 11 is 0. The Bertz CT molecular complexity index is 552. The summed E-state index contributed by atoms with van der Waals surface area (Å²) in [6.45, 7) is 0.678. The minimum absolute atomic E-state index is 0.0172. The summed E-state index contributed by atoms with van der Waals surface area (Å²) in [5.41, 5.74) is 1.11. The lowest BCUT2D eigenvalue weighted by atomic mass is 10.1. The minimum Gasteiger partial charge on any atom is -0.497 e. The SMILES string of the molecule is COc1ccc(CCC(=O)NC2CC(=O)N(C3CC3)C2)cc1. The van der Waals surface area contributed by atoms with Crippen LogP contribution < -0.4 is 10.1 Å². The predicted molar refractivity (Wildman–Crippen MR) is 82.6 cm³/mol. The van der Waals surface area contributed by atoms with Crippen LogP contribution in [0.4, 0.5) is 0 Å². The molecule has 1 atom stereocenters. The van der Waals surface area contributed by atoms with E-state index in [1.807, 2.05) is 29.2 Å². The Kier molecular flexibility index (Phi) is 4.32. The highest BCUT2D eigenvalue weighted by Gasteiger charge is 2.39. The van der Waals surface area contributed by atoms with Crippen LogP contribution in [0.5, 0.6) is 5.75 Å². The monoisotopic (exact) mass is 302 g/mol. The van der Waals surface area contributed by atoms with Gasteiger partial charge in [-0.15, -0.1) is 0 Å². The third-order valence-electron chi connectivity index (χ3n) is 4.31. The number of aryl methyl sites for hydroxylation is 1. The van der Waals surface area contributed by atoms with Crippen LogP contribution >= 0.6 is 0 Å². The number of nitrogens with zero attached hydrogens (tertiary/aromatic N) is 1. The highest BCUT2D eigenvalue weighted by atomic mass is 16.5. The number of benzene rings is 1. The number of rotatable bonds is 6. The molecule has 1 aliphatic heterocycles. The first-order chi connectivity index (χ1) is 10.7. The molecule has 1 N–H and O–H groups in total. The highest BCUT2D eigenvalue weighted by molar-refractivity contribution is 5.82. The van der Waals surface area contributed by atoms with E-state index < -0.39 is 0 Å².